The lowest BCUT2D eigenvalue weighted by atomic mass is 9.74. The van der Waals surface area contributed by atoms with E-state index in [9.17, 15) is 0 Å². The van der Waals surface area contributed by atoms with Crippen LogP contribution in [0.1, 0.15) is 101 Å². The van der Waals surface area contributed by atoms with Crippen LogP contribution in [0.25, 0.3) is 0 Å². The Hall–Kier alpha value is -0.860. The maximum atomic E-state index is 6.22. The van der Waals surface area contributed by atoms with Gasteiger partial charge in [-0.15, -0.1) is 0 Å². The fraction of sp³-hybridized carbons (Fsp3) is 0.769. The lowest BCUT2D eigenvalue weighted by Gasteiger charge is -2.38. The summed E-state index contributed by atoms with van der Waals surface area (Å²) >= 11 is 0. The lowest BCUT2D eigenvalue weighted by Crippen LogP contribution is -2.34. The molecule has 1 aliphatic carbocycles. The van der Waals surface area contributed by atoms with Crippen LogP contribution in [0, 0.1) is 24.7 Å². The second kappa shape index (κ2) is 11.4. The summed E-state index contributed by atoms with van der Waals surface area (Å²) < 4.78 is 12.4. The highest BCUT2D eigenvalue weighted by atomic mass is 16.7. The fourth-order valence-electron chi connectivity index (χ4n) is 5.14. The molecule has 0 N–H and O–H groups in total. The van der Waals surface area contributed by atoms with Gasteiger partial charge in [-0.2, -0.15) is 0 Å². The Balaban J connectivity index is 1.44. The van der Waals surface area contributed by atoms with Crippen LogP contribution in [0.15, 0.2) is 18.2 Å². The van der Waals surface area contributed by atoms with Gasteiger partial charge in [-0.25, -0.2) is 0 Å². The van der Waals surface area contributed by atoms with E-state index in [1.54, 1.807) is 0 Å². The zero-order chi connectivity index (χ0) is 19.8. The van der Waals surface area contributed by atoms with Gasteiger partial charge in [0, 0.05) is 11.5 Å². The quantitative estimate of drug-likeness (QED) is 0.412. The van der Waals surface area contributed by atoms with E-state index in [1.807, 2.05) is 0 Å². The number of ether oxygens (including phenoxy) is 2. The number of hydrogen-bond acceptors (Lipinski definition) is 2. The summed E-state index contributed by atoms with van der Waals surface area (Å²) in [6, 6.07) is 6.81. The van der Waals surface area contributed by atoms with E-state index in [4.69, 9.17) is 9.47 Å². The number of hydrogen-bond donors (Lipinski definition) is 0. The van der Waals surface area contributed by atoms with Crippen molar-refractivity contribution < 1.29 is 9.47 Å². The molecule has 2 nitrogen and oxygen atoms in total. The Morgan fingerprint density at radius 2 is 1.57 bits per heavy atom. The summed E-state index contributed by atoms with van der Waals surface area (Å²) in [5.74, 6) is 2.38. The predicted molar refractivity (Wildman–Crippen MR) is 118 cm³/mol. The Kier molecular flexibility index (Phi) is 8.86. The summed E-state index contributed by atoms with van der Waals surface area (Å²) in [5.41, 5.74) is 3.97. The monoisotopic (exact) mass is 386 g/mol. The van der Waals surface area contributed by atoms with Gasteiger partial charge in [0.2, 0.25) is 0 Å². The first-order chi connectivity index (χ1) is 13.7. The molecule has 158 valence electrons. The molecule has 2 fully saturated rings. The van der Waals surface area contributed by atoms with Gasteiger partial charge in [0.05, 0.1) is 13.2 Å². The van der Waals surface area contributed by atoms with Crippen LogP contribution in [0.3, 0.4) is 0 Å². The molecule has 3 rings (SSSR count). The topological polar surface area (TPSA) is 18.5 Å². The van der Waals surface area contributed by atoms with Crippen molar-refractivity contribution in [1.82, 2.24) is 0 Å². The predicted octanol–water partition coefficient (Wildman–Crippen LogP) is 7.39. The van der Waals surface area contributed by atoms with Crippen molar-refractivity contribution in [3.05, 3.63) is 34.9 Å². The lowest BCUT2D eigenvalue weighted by molar-refractivity contribution is -0.215. The number of rotatable bonds is 9. The smallest absolute Gasteiger partial charge is 0.184 e. The highest BCUT2D eigenvalue weighted by Crippen LogP contribution is 2.39. The van der Waals surface area contributed by atoms with E-state index in [0.717, 1.165) is 25.0 Å². The molecule has 1 aliphatic heterocycles. The first-order valence-corrected chi connectivity index (χ1v) is 12.0. The van der Waals surface area contributed by atoms with Crippen molar-refractivity contribution in [2.45, 2.75) is 97.7 Å². The minimum absolute atomic E-state index is 0.165. The molecule has 2 heteroatoms. The molecular formula is C26H42O2. The van der Waals surface area contributed by atoms with E-state index < -0.39 is 0 Å². The van der Waals surface area contributed by atoms with Gasteiger partial charge in [0.1, 0.15) is 0 Å². The molecule has 0 atom stereocenters. The van der Waals surface area contributed by atoms with Gasteiger partial charge in [0.15, 0.2) is 6.29 Å². The molecule has 28 heavy (non-hydrogen) atoms. The van der Waals surface area contributed by atoms with Crippen LogP contribution in [-0.2, 0) is 15.9 Å². The molecule has 0 bridgehead atoms. The van der Waals surface area contributed by atoms with E-state index in [1.165, 1.54) is 87.3 Å². The Morgan fingerprint density at radius 1 is 0.857 bits per heavy atom. The molecule has 1 saturated carbocycles. The van der Waals surface area contributed by atoms with Crippen LogP contribution in [-0.4, -0.2) is 13.2 Å². The van der Waals surface area contributed by atoms with Crippen molar-refractivity contribution in [3.63, 3.8) is 0 Å². The molecule has 1 aromatic carbocycles. The normalized spacial score (nSPS) is 28.4. The van der Waals surface area contributed by atoms with Gasteiger partial charge in [0.25, 0.3) is 0 Å². The molecule has 0 radical (unpaired) electrons. The standard InChI is InChI=1S/C26H42O2/c1-4-6-8-10-21-11-14-23(15-12-21)24-18-27-26(28-19-24)25-16-13-22(9-7-5-2)17-20(25)3/h13,16-17,21,23-24,26H,4-12,14-15,18-19H2,1-3H3. The van der Waals surface area contributed by atoms with Crippen molar-refractivity contribution >= 4 is 0 Å². The highest BCUT2D eigenvalue weighted by molar-refractivity contribution is 5.32. The van der Waals surface area contributed by atoms with E-state index in [0.29, 0.717) is 5.92 Å². The molecule has 1 heterocycles. The van der Waals surface area contributed by atoms with Crippen molar-refractivity contribution in [2.24, 2.45) is 17.8 Å². The SMILES string of the molecule is CCCCCC1CCC(C2COC(c3ccc(CCCC)cc3C)OC2)CC1. The Morgan fingerprint density at radius 3 is 2.21 bits per heavy atom. The minimum atomic E-state index is -0.165. The first-order valence-electron chi connectivity index (χ1n) is 12.0. The largest absolute Gasteiger partial charge is 0.348 e. The molecule has 0 aromatic heterocycles. The van der Waals surface area contributed by atoms with Crippen LogP contribution in [0.2, 0.25) is 0 Å². The summed E-state index contributed by atoms with van der Waals surface area (Å²) in [6.45, 7) is 8.49. The molecule has 2 aliphatic rings. The zero-order valence-corrected chi connectivity index (χ0v) is 18.6. The summed E-state index contributed by atoms with van der Waals surface area (Å²) in [7, 11) is 0. The second-order valence-electron chi connectivity index (χ2n) is 9.33. The van der Waals surface area contributed by atoms with Crippen LogP contribution >= 0.6 is 0 Å². The van der Waals surface area contributed by atoms with Crippen LogP contribution in [0.4, 0.5) is 0 Å². The van der Waals surface area contributed by atoms with Crippen LogP contribution < -0.4 is 0 Å². The summed E-state index contributed by atoms with van der Waals surface area (Å²) in [4.78, 5) is 0. The van der Waals surface area contributed by atoms with Gasteiger partial charge >= 0.3 is 0 Å². The molecule has 0 amide bonds. The fourth-order valence-corrected chi connectivity index (χ4v) is 5.14. The van der Waals surface area contributed by atoms with E-state index in [2.05, 4.69) is 39.0 Å². The van der Waals surface area contributed by atoms with Crippen molar-refractivity contribution in [3.8, 4) is 0 Å². The first kappa shape index (κ1) is 21.8. The van der Waals surface area contributed by atoms with Gasteiger partial charge < -0.3 is 9.47 Å². The number of aryl methyl sites for hydroxylation is 2. The summed E-state index contributed by atoms with van der Waals surface area (Å²) in [5, 5.41) is 0. The molecule has 1 aromatic rings. The third-order valence-electron chi connectivity index (χ3n) is 7.10. The molecule has 1 saturated heterocycles. The number of benzene rings is 1. The van der Waals surface area contributed by atoms with Crippen molar-refractivity contribution in [2.75, 3.05) is 13.2 Å². The Labute approximate surface area is 173 Å². The van der Waals surface area contributed by atoms with Gasteiger partial charge in [-0.3, -0.25) is 0 Å². The second-order valence-corrected chi connectivity index (χ2v) is 9.33. The average Bonchev–Trinajstić information content (AvgIpc) is 2.73. The van der Waals surface area contributed by atoms with E-state index in [-0.39, 0.29) is 6.29 Å². The molecule has 0 spiro atoms. The van der Waals surface area contributed by atoms with Crippen LogP contribution in [0.5, 0.6) is 0 Å². The Bertz CT molecular complexity index is 566. The maximum absolute atomic E-state index is 6.22. The van der Waals surface area contributed by atoms with Crippen molar-refractivity contribution in [1.29, 1.82) is 0 Å². The molecular weight excluding hydrogens is 344 g/mol. The van der Waals surface area contributed by atoms with E-state index >= 15 is 0 Å². The highest BCUT2D eigenvalue weighted by Gasteiger charge is 2.32. The summed E-state index contributed by atoms with van der Waals surface area (Å²) in [6.07, 6.45) is 14.8. The third-order valence-corrected chi connectivity index (χ3v) is 7.10. The minimum Gasteiger partial charge on any atom is -0.348 e. The number of unbranched alkanes of at least 4 members (excludes halogenated alkanes) is 3. The average molecular weight is 387 g/mol. The molecule has 0 unspecified atom stereocenters. The third kappa shape index (κ3) is 6.07. The van der Waals surface area contributed by atoms with Gasteiger partial charge in [-0.05, 0) is 55.6 Å². The zero-order valence-electron chi connectivity index (χ0n) is 18.6. The maximum Gasteiger partial charge on any atom is 0.184 e. The van der Waals surface area contributed by atoms with Gasteiger partial charge in [-0.1, -0.05) is 77.0 Å².